The fraction of sp³-hybridized carbons (Fsp3) is 0.619. The van der Waals surface area contributed by atoms with Crippen molar-refractivity contribution in [3.63, 3.8) is 0 Å². The van der Waals surface area contributed by atoms with Crippen LogP contribution >= 0.6 is 11.8 Å². The number of nitrogens with zero attached hydrogens (tertiary/aromatic N) is 2. The first kappa shape index (κ1) is 20.4. The monoisotopic (exact) mass is 424 g/mol. The van der Waals surface area contributed by atoms with Gasteiger partial charge in [0, 0.05) is 43.3 Å². The van der Waals surface area contributed by atoms with Crippen LogP contribution in [-0.2, 0) is 9.53 Å². The minimum Gasteiger partial charge on any atom is -0.444 e. The summed E-state index contributed by atoms with van der Waals surface area (Å²) in [7, 11) is 0. The van der Waals surface area contributed by atoms with Crippen LogP contribution < -0.4 is 9.80 Å². The molecule has 1 aromatic carbocycles. The third-order valence-corrected chi connectivity index (χ3v) is 7.05. The number of thioether (sulfide) groups is 1. The maximum atomic E-state index is 14.8. The van der Waals surface area contributed by atoms with E-state index in [1.807, 2.05) is 0 Å². The number of amides is 1. The molecule has 3 fully saturated rings. The van der Waals surface area contributed by atoms with Crippen LogP contribution in [0.5, 0.6) is 0 Å². The number of anilines is 2. The SMILES string of the molecule is O=C(CC[C@H]1CN(c2cc(F)c(N3CCCSCC3)c(F)c2)C(=O)O1)C1CCC1. The molecule has 1 amide bonds. The van der Waals surface area contributed by atoms with Crippen molar-refractivity contribution in [3.05, 3.63) is 23.8 Å². The summed E-state index contributed by atoms with van der Waals surface area (Å²) in [6.45, 7) is 1.42. The first-order valence-corrected chi connectivity index (χ1v) is 11.5. The molecule has 3 aliphatic rings. The van der Waals surface area contributed by atoms with Gasteiger partial charge in [-0.05, 0) is 31.4 Å². The molecule has 2 heterocycles. The Kier molecular flexibility index (Phi) is 6.27. The lowest BCUT2D eigenvalue weighted by Gasteiger charge is -2.24. The van der Waals surface area contributed by atoms with Gasteiger partial charge >= 0.3 is 6.09 Å². The van der Waals surface area contributed by atoms with Crippen LogP contribution in [0.2, 0.25) is 0 Å². The number of ether oxygens (including phenoxy) is 1. The van der Waals surface area contributed by atoms with Crippen molar-refractivity contribution in [2.24, 2.45) is 5.92 Å². The highest BCUT2D eigenvalue weighted by molar-refractivity contribution is 7.99. The Balaban J connectivity index is 1.42. The van der Waals surface area contributed by atoms with E-state index in [4.69, 9.17) is 4.74 Å². The number of halogens is 2. The van der Waals surface area contributed by atoms with Crippen molar-refractivity contribution < 1.29 is 23.1 Å². The van der Waals surface area contributed by atoms with Crippen LogP contribution in [0.1, 0.15) is 38.5 Å². The number of hydrogen-bond acceptors (Lipinski definition) is 5. The van der Waals surface area contributed by atoms with Gasteiger partial charge in [0.05, 0.1) is 12.2 Å². The summed E-state index contributed by atoms with van der Waals surface area (Å²) in [6, 6.07) is 2.42. The Morgan fingerprint density at radius 1 is 1.14 bits per heavy atom. The van der Waals surface area contributed by atoms with Gasteiger partial charge < -0.3 is 9.64 Å². The van der Waals surface area contributed by atoms with E-state index in [0.717, 1.165) is 37.2 Å². The van der Waals surface area contributed by atoms with E-state index in [1.165, 1.54) is 17.0 Å². The van der Waals surface area contributed by atoms with E-state index in [2.05, 4.69) is 0 Å². The normalized spacial score (nSPS) is 23.0. The van der Waals surface area contributed by atoms with E-state index in [0.29, 0.717) is 25.9 Å². The minimum absolute atomic E-state index is 0.0218. The van der Waals surface area contributed by atoms with Gasteiger partial charge in [-0.2, -0.15) is 11.8 Å². The first-order valence-electron chi connectivity index (χ1n) is 10.4. The molecule has 0 spiro atoms. The van der Waals surface area contributed by atoms with Crippen LogP contribution in [0.3, 0.4) is 0 Å². The summed E-state index contributed by atoms with van der Waals surface area (Å²) in [6.07, 6.45) is 3.67. The second-order valence-corrected chi connectivity index (χ2v) is 9.18. The fourth-order valence-corrected chi connectivity index (χ4v) is 4.99. The van der Waals surface area contributed by atoms with Gasteiger partial charge in [0.25, 0.3) is 0 Å². The largest absolute Gasteiger partial charge is 0.444 e. The lowest BCUT2D eigenvalue weighted by Crippen LogP contribution is -2.29. The van der Waals surface area contributed by atoms with Crippen LogP contribution in [-0.4, -0.2) is 49.1 Å². The molecule has 0 aromatic heterocycles. The molecule has 8 heteroatoms. The van der Waals surface area contributed by atoms with Crippen molar-refractivity contribution >= 4 is 35.0 Å². The number of benzene rings is 1. The van der Waals surface area contributed by atoms with Gasteiger partial charge in [-0.25, -0.2) is 13.6 Å². The molecule has 0 radical (unpaired) electrons. The predicted octanol–water partition coefficient (Wildman–Crippen LogP) is 4.38. The summed E-state index contributed by atoms with van der Waals surface area (Å²) in [5, 5.41) is 0. The highest BCUT2D eigenvalue weighted by atomic mass is 32.2. The number of ketones is 1. The summed E-state index contributed by atoms with van der Waals surface area (Å²) >= 11 is 1.78. The summed E-state index contributed by atoms with van der Waals surface area (Å²) in [5.41, 5.74) is 0.136. The molecule has 1 atom stereocenters. The van der Waals surface area contributed by atoms with Gasteiger partial charge in [0.1, 0.15) is 17.6 Å². The van der Waals surface area contributed by atoms with E-state index >= 15 is 0 Å². The average molecular weight is 425 g/mol. The topological polar surface area (TPSA) is 49.9 Å². The van der Waals surface area contributed by atoms with Gasteiger partial charge in [-0.3, -0.25) is 9.69 Å². The molecule has 29 heavy (non-hydrogen) atoms. The van der Waals surface area contributed by atoms with Gasteiger partial charge in [0.15, 0.2) is 11.6 Å². The molecular weight excluding hydrogens is 398 g/mol. The standard InChI is InChI=1S/C21H26F2N2O3S/c22-17-11-15(12-18(23)20(17)24-7-2-9-29-10-8-24)25-13-16(28-21(25)27)5-6-19(26)14-3-1-4-14/h11-12,14,16H,1-10,13H2/t16-/m0/s1. The highest BCUT2D eigenvalue weighted by Gasteiger charge is 2.35. The number of hydrogen-bond donors (Lipinski definition) is 0. The second kappa shape index (κ2) is 8.90. The fourth-order valence-electron chi connectivity index (χ4n) is 4.10. The molecular formula is C21H26F2N2O3S. The molecule has 1 aromatic rings. The number of cyclic esters (lactones) is 1. The lowest BCUT2D eigenvalue weighted by atomic mass is 9.80. The van der Waals surface area contributed by atoms with E-state index in [9.17, 15) is 18.4 Å². The molecule has 5 nitrogen and oxygen atoms in total. The highest BCUT2D eigenvalue weighted by Crippen LogP contribution is 2.33. The molecule has 158 valence electrons. The molecule has 1 aliphatic carbocycles. The minimum atomic E-state index is -0.664. The average Bonchev–Trinajstić information content (AvgIpc) is 2.82. The first-order chi connectivity index (χ1) is 14.0. The molecule has 2 saturated heterocycles. The third-order valence-electron chi connectivity index (χ3n) is 6.00. The predicted molar refractivity (Wildman–Crippen MR) is 110 cm³/mol. The Hall–Kier alpha value is -1.83. The van der Waals surface area contributed by atoms with Crippen molar-refractivity contribution in [1.82, 2.24) is 0 Å². The van der Waals surface area contributed by atoms with Crippen molar-refractivity contribution in [2.75, 3.05) is 40.9 Å². The number of rotatable bonds is 6. The van der Waals surface area contributed by atoms with Crippen LogP contribution in [0.15, 0.2) is 12.1 Å². The zero-order valence-electron chi connectivity index (χ0n) is 16.4. The van der Waals surface area contributed by atoms with Crippen LogP contribution in [0.25, 0.3) is 0 Å². The molecule has 2 aliphatic heterocycles. The second-order valence-electron chi connectivity index (χ2n) is 7.96. The number of carbonyl (C=O) groups is 2. The van der Waals surface area contributed by atoms with Crippen LogP contribution in [0.4, 0.5) is 25.0 Å². The third kappa shape index (κ3) is 4.52. The van der Waals surface area contributed by atoms with E-state index < -0.39 is 23.8 Å². The van der Waals surface area contributed by atoms with Gasteiger partial charge in [-0.1, -0.05) is 6.42 Å². The number of Topliss-reactive ketones (excluding diaryl/α,β-unsaturated/α-hetero) is 1. The molecule has 0 bridgehead atoms. The van der Waals surface area contributed by atoms with E-state index in [-0.39, 0.29) is 29.6 Å². The summed E-state index contributed by atoms with van der Waals surface area (Å²) in [5.74, 6) is 0.883. The Labute approximate surface area is 173 Å². The Morgan fingerprint density at radius 2 is 1.90 bits per heavy atom. The molecule has 1 saturated carbocycles. The smallest absolute Gasteiger partial charge is 0.414 e. The molecule has 4 rings (SSSR count). The molecule has 0 unspecified atom stereocenters. The Bertz CT molecular complexity index is 756. The maximum Gasteiger partial charge on any atom is 0.414 e. The summed E-state index contributed by atoms with van der Waals surface area (Å²) < 4.78 is 34.9. The van der Waals surface area contributed by atoms with E-state index in [1.54, 1.807) is 16.7 Å². The lowest BCUT2D eigenvalue weighted by molar-refractivity contribution is -0.125. The van der Waals surface area contributed by atoms with Gasteiger partial charge in [-0.15, -0.1) is 0 Å². The Morgan fingerprint density at radius 3 is 2.59 bits per heavy atom. The summed E-state index contributed by atoms with van der Waals surface area (Å²) in [4.78, 5) is 27.3. The van der Waals surface area contributed by atoms with Crippen molar-refractivity contribution in [2.45, 2.75) is 44.6 Å². The van der Waals surface area contributed by atoms with Crippen molar-refractivity contribution in [3.8, 4) is 0 Å². The van der Waals surface area contributed by atoms with Gasteiger partial charge in [0.2, 0.25) is 0 Å². The van der Waals surface area contributed by atoms with Crippen molar-refractivity contribution in [1.29, 1.82) is 0 Å². The quantitative estimate of drug-likeness (QED) is 0.678. The molecule has 0 N–H and O–H groups in total. The maximum absolute atomic E-state index is 14.8. The zero-order valence-corrected chi connectivity index (χ0v) is 17.2. The number of carbonyl (C=O) groups excluding carboxylic acids is 2. The van der Waals surface area contributed by atoms with Crippen LogP contribution in [0, 0.1) is 17.6 Å². The zero-order chi connectivity index (χ0) is 20.4.